The lowest BCUT2D eigenvalue weighted by atomic mass is 9.97. The molecule has 1 amide bonds. The molecule has 0 spiro atoms. The normalized spacial score (nSPS) is 13.2. The molecule has 128 valence electrons. The van der Waals surface area contributed by atoms with Gasteiger partial charge in [0.05, 0.1) is 4.34 Å². The Kier molecular flexibility index (Phi) is 6.40. The summed E-state index contributed by atoms with van der Waals surface area (Å²) >= 11 is 6.93. The number of ether oxygens (including phenoxy) is 1. The van der Waals surface area contributed by atoms with Crippen molar-refractivity contribution in [3.05, 3.63) is 51.2 Å². The number of para-hydroxylation sites is 1. The third-order valence-electron chi connectivity index (χ3n) is 3.79. The van der Waals surface area contributed by atoms with Gasteiger partial charge in [0, 0.05) is 5.69 Å². The number of halogens is 1. The van der Waals surface area contributed by atoms with Crippen molar-refractivity contribution in [2.24, 2.45) is 0 Å². The first kappa shape index (κ1) is 18.5. The summed E-state index contributed by atoms with van der Waals surface area (Å²) in [6.07, 6.45) is 0.0691. The van der Waals surface area contributed by atoms with Crippen LogP contribution in [0.1, 0.15) is 48.3 Å². The number of carbonyl (C=O) groups is 2. The van der Waals surface area contributed by atoms with Crippen LogP contribution in [0.5, 0.6) is 0 Å². The van der Waals surface area contributed by atoms with Gasteiger partial charge in [-0.2, -0.15) is 0 Å². The van der Waals surface area contributed by atoms with Crippen LogP contribution in [0.25, 0.3) is 0 Å². The van der Waals surface area contributed by atoms with E-state index < -0.39 is 12.1 Å². The third kappa shape index (κ3) is 4.58. The summed E-state index contributed by atoms with van der Waals surface area (Å²) < 4.78 is 5.71. The lowest BCUT2D eigenvalue weighted by Crippen LogP contribution is -2.30. The van der Waals surface area contributed by atoms with Crippen molar-refractivity contribution in [1.29, 1.82) is 0 Å². The number of hydrogen-bond donors (Lipinski definition) is 1. The highest BCUT2D eigenvalue weighted by Crippen LogP contribution is 2.27. The summed E-state index contributed by atoms with van der Waals surface area (Å²) in [5.74, 6) is -0.584. The van der Waals surface area contributed by atoms with Crippen LogP contribution in [-0.2, 0) is 9.53 Å². The maximum Gasteiger partial charge on any atom is 0.349 e. The first-order valence-electron chi connectivity index (χ1n) is 7.78. The Morgan fingerprint density at radius 2 is 1.92 bits per heavy atom. The lowest BCUT2D eigenvalue weighted by molar-refractivity contribution is -0.123. The number of carbonyl (C=O) groups excluding carboxylic acids is 2. The fraction of sp³-hybridized carbons (Fsp3) is 0.333. The molecule has 0 bridgehead atoms. The number of benzene rings is 1. The second-order valence-electron chi connectivity index (χ2n) is 5.54. The van der Waals surface area contributed by atoms with Crippen LogP contribution in [0.15, 0.2) is 36.4 Å². The minimum Gasteiger partial charge on any atom is -0.448 e. The first-order chi connectivity index (χ1) is 11.4. The van der Waals surface area contributed by atoms with E-state index in [4.69, 9.17) is 16.3 Å². The molecule has 2 aromatic rings. The van der Waals surface area contributed by atoms with Crippen molar-refractivity contribution in [2.45, 2.75) is 39.2 Å². The maximum atomic E-state index is 12.3. The van der Waals surface area contributed by atoms with Gasteiger partial charge in [-0.25, -0.2) is 4.79 Å². The molecular formula is C18H20ClNO3S. The topological polar surface area (TPSA) is 55.4 Å². The van der Waals surface area contributed by atoms with Crippen LogP contribution in [0, 0.1) is 0 Å². The molecule has 4 nitrogen and oxygen atoms in total. The SMILES string of the molecule is CCC(C)c1ccccc1NC(=O)C(C)OC(=O)c1ccc(Cl)s1. The molecule has 0 radical (unpaired) electrons. The zero-order chi connectivity index (χ0) is 17.7. The van der Waals surface area contributed by atoms with Crippen LogP contribution in [0.4, 0.5) is 5.69 Å². The van der Waals surface area contributed by atoms with Crippen LogP contribution in [0.3, 0.4) is 0 Å². The largest absolute Gasteiger partial charge is 0.448 e. The Labute approximate surface area is 150 Å². The third-order valence-corrected chi connectivity index (χ3v) is 5.00. The standard InChI is InChI=1S/C18H20ClNO3S/c1-4-11(2)13-7-5-6-8-14(13)20-17(21)12(3)23-18(22)15-9-10-16(19)24-15/h5-12H,4H2,1-3H3,(H,20,21). The van der Waals surface area contributed by atoms with E-state index in [0.29, 0.717) is 15.1 Å². The minimum absolute atomic E-state index is 0.326. The molecular weight excluding hydrogens is 346 g/mol. The summed E-state index contributed by atoms with van der Waals surface area (Å²) in [6.45, 7) is 5.75. The second kappa shape index (κ2) is 8.31. The van der Waals surface area contributed by atoms with Gasteiger partial charge in [0.25, 0.3) is 5.91 Å². The van der Waals surface area contributed by atoms with E-state index in [9.17, 15) is 9.59 Å². The van der Waals surface area contributed by atoms with Crippen LogP contribution in [-0.4, -0.2) is 18.0 Å². The molecule has 0 saturated carbocycles. The average Bonchev–Trinajstić information content (AvgIpc) is 3.01. The molecule has 6 heteroatoms. The van der Waals surface area contributed by atoms with Gasteiger partial charge in [0.2, 0.25) is 0 Å². The summed E-state index contributed by atoms with van der Waals surface area (Å²) in [5.41, 5.74) is 1.82. The highest BCUT2D eigenvalue weighted by molar-refractivity contribution is 7.17. The summed E-state index contributed by atoms with van der Waals surface area (Å²) in [7, 11) is 0. The summed E-state index contributed by atoms with van der Waals surface area (Å²) in [5, 5.41) is 2.85. The van der Waals surface area contributed by atoms with Gasteiger partial charge in [-0.1, -0.05) is 43.6 Å². The number of rotatable bonds is 6. The number of thiophene rings is 1. The molecule has 1 aromatic heterocycles. The lowest BCUT2D eigenvalue weighted by Gasteiger charge is -2.18. The van der Waals surface area contributed by atoms with E-state index in [1.165, 1.54) is 0 Å². The Hall–Kier alpha value is -1.85. The molecule has 0 aliphatic heterocycles. The van der Waals surface area contributed by atoms with Crippen molar-refractivity contribution in [1.82, 2.24) is 0 Å². The van der Waals surface area contributed by atoms with E-state index in [1.807, 2.05) is 24.3 Å². The maximum absolute atomic E-state index is 12.3. The van der Waals surface area contributed by atoms with E-state index in [0.717, 1.165) is 29.0 Å². The average molecular weight is 366 g/mol. The van der Waals surface area contributed by atoms with Gasteiger partial charge >= 0.3 is 5.97 Å². The van der Waals surface area contributed by atoms with Gasteiger partial charge < -0.3 is 10.1 Å². The Morgan fingerprint density at radius 1 is 1.21 bits per heavy atom. The Morgan fingerprint density at radius 3 is 2.54 bits per heavy atom. The zero-order valence-corrected chi connectivity index (χ0v) is 15.4. The van der Waals surface area contributed by atoms with Gasteiger partial charge in [-0.15, -0.1) is 11.3 Å². The molecule has 0 aliphatic rings. The summed E-state index contributed by atoms with van der Waals surface area (Å²) in [4.78, 5) is 24.7. The molecule has 0 fully saturated rings. The number of hydrogen-bond acceptors (Lipinski definition) is 4. The van der Waals surface area contributed by atoms with E-state index >= 15 is 0 Å². The molecule has 1 aromatic carbocycles. The second-order valence-corrected chi connectivity index (χ2v) is 7.25. The first-order valence-corrected chi connectivity index (χ1v) is 8.98. The van der Waals surface area contributed by atoms with Crippen LogP contribution in [0.2, 0.25) is 4.34 Å². The molecule has 2 unspecified atom stereocenters. The Balaban J connectivity index is 2.03. The van der Waals surface area contributed by atoms with Gasteiger partial charge in [-0.3, -0.25) is 4.79 Å². The number of amides is 1. The van der Waals surface area contributed by atoms with Crippen molar-refractivity contribution in [3.8, 4) is 0 Å². The smallest absolute Gasteiger partial charge is 0.349 e. The highest BCUT2D eigenvalue weighted by atomic mass is 35.5. The minimum atomic E-state index is -0.900. The van der Waals surface area contributed by atoms with Crippen molar-refractivity contribution >= 4 is 40.5 Å². The van der Waals surface area contributed by atoms with Gasteiger partial charge in [0.1, 0.15) is 4.88 Å². The predicted octanol–water partition coefficient (Wildman–Crippen LogP) is 5.10. The molecule has 24 heavy (non-hydrogen) atoms. The molecule has 2 rings (SSSR count). The fourth-order valence-corrected chi connectivity index (χ4v) is 3.12. The van der Waals surface area contributed by atoms with E-state index in [2.05, 4.69) is 19.2 Å². The Bertz CT molecular complexity index is 729. The van der Waals surface area contributed by atoms with Crippen molar-refractivity contribution in [3.63, 3.8) is 0 Å². The molecule has 1 heterocycles. The number of esters is 1. The summed E-state index contributed by atoms with van der Waals surface area (Å²) in [6, 6.07) is 10.9. The van der Waals surface area contributed by atoms with Crippen LogP contribution >= 0.6 is 22.9 Å². The molecule has 2 atom stereocenters. The molecule has 0 saturated heterocycles. The van der Waals surface area contributed by atoms with Crippen LogP contribution < -0.4 is 5.32 Å². The number of nitrogens with one attached hydrogen (secondary N) is 1. The van der Waals surface area contributed by atoms with Gasteiger partial charge in [0.15, 0.2) is 6.10 Å². The molecule has 1 N–H and O–H groups in total. The fourth-order valence-electron chi connectivity index (χ4n) is 2.19. The number of anilines is 1. The van der Waals surface area contributed by atoms with Crippen molar-refractivity contribution < 1.29 is 14.3 Å². The quantitative estimate of drug-likeness (QED) is 0.724. The van der Waals surface area contributed by atoms with Gasteiger partial charge in [-0.05, 0) is 43.0 Å². The molecule has 0 aliphatic carbocycles. The van der Waals surface area contributed by atoms with E-state index in [1.54, 1.807) is 19.1 Å². The highest BCUT2D eigenvalue weighted by Gasteiger charge is 2.21. The zero-order valence-electron chi connectivity index (χ0n) is 13.8. The van der Waals surface area contributed by atoms with E-state index in [-0.39, 0.29) is 5.91 Å². The monoisotopic (exact) mass is 365 g/mol. The van der Waals surface area contributed by atoms with Crippen molar-refractivity contribution in [2.75, 3.05) is 5.32 Å². The predicted molar refractivity (Wildman–Crippen MR) is 98.0 cm³/mol.